The van der Waals surface area contributed by atoms with Crippen LogP contribution in [-0.2, 0) is 26.0 Å². The summed E-state index contributed by atoms with van der Waals surface area (Å²) in [5, 5.41) is 2.85. The molecule has 0 spiro atoms. The third-order valence-electron chi connectivity index (χ3n) is 5.93. The normalized spacial score (nSPS) is 12.0. The van der Waals surface area contributed by atoms with Gasteiger partial charge in [0.05, 0.1) is 10.6 Å². The molecule has 7 nitrogen and oxygen atoms in total. The lowest BCUT2D eigenvalue weighted by molar-refractivity contribution is -0.138. The van der Waals surface area contributed by atoms with Crippen LogP contribution in [0.2, 0.25) is 0 Å². The van der Waals surface area contributed by atoms with Crippen molar-refractivity contribution in [3.63, 3.8) is 0 Å². The van der Waals surface area contributed by atoms with Crippen LogP contribution in [0.15, 0.2) is 89.8 Å². The quantitative estimate of drug-likeness (QED) is 0.299. The standard InChI is InChI=1S/C28H32IN3O4S/c1-3-19-30-28(34)22(2)31(20-18-23-10-6-4-7-11-23)27(33)21-32(25-16-14-24(29)15-17-25)37(35,36)26-12-8-5-9-13-26/h4-17,22H,3,18-21H2,1-2H3,(H,30,34). The molecular weight excluding hydrogens is 601 g/mol. The van der Waals surface area contributed by atoms with Gasteiger partial charge in [-0.1, -0.05) is 55.5 Å². The van der Waals surface area contributed by atoms with Crippen LogP contribution in [0.1, 0.15) is 25.8 Å². The predicted molar refractivity (Wildman–Crippen MR) is 155 cm³/mol. The fourth-order valence-electron chi connectivity index (χ4n) is 3.82. The zero-order chi connectivity index (χ0) is 26.8. The van der Waals surface area contributed by atoms with Crippen molar-refractivity contribution < 1.29 is 18.0 Å². The highest BCUT2D eigenvalue weighted by atomic mass is 127. The van der Waals surface area contributed by atoms with E-state index < -0.39 is 28.5 Å². The van der Waals surface area contributed by atoms with Gasteiger partial charge < -0.3 is 10.2 Å². The van der Waals surface area contributed by atoms with Crippen LogP contribution in [0.25, 0.3) is 0 Å². The summed E-state index contributed by atoms with van der Waals surface area (Å²) < 4.78 is 29.4. The number of hydrogen-bond acceptors (Lipinski definition) is 4. The largest absolute Gasteiger partial charge is 0.354 e. The maximum Gasteiger partial charge on any atom is 0.264 e. The summed E-state index contributed by atoms with van der Waals surface area (Å²) in [7, 11) is -4.04. The topological polar surface area (TPSA) is 86.8 Å². The molecule has 0 aliphatic heterocycles. The maximum atomic E-state index is 13.8. The number of amides is 2. The number of benzene rings is 3. The minimum atomic E-state index is -4.04. The number of anilines is 1. The molecule has 3 aromatic rings. The zero-order valence-electron chi connectivity index (χ0n) is 21.0. The molecule has 3 aromatic carbocycles. The van der Waals surface area contributed by atoms with E-state index in [-0.39, 0.29) is 17.3 Å². The monoisotopic (exact) mass is 633 g/mol. The Balaban J connectivity index is 1.94. The van der Waals surface area contributed by atoms with Crippen LogP contribution in [0.5, 0.6) is 0 Å². The number of nitrogens with one attached hydrogen (secondary N) is 1. The Morgan fingerprint density at radius 1 is 0.919 bits per heavy atom. The number of carbonyl (C=O) groups excluding carboxylic acids is 2. The molecule has 0 heterocycles. The smallest absolute Gasteiger partial charge is 0.264 e. The summed E-state index contributed by atoms with van der Waals surface area (Å²) in [6, 6.07) is 23.9. The third kappa shape index (κ3) is 7.78. The molecule has 37 heavy (non-hydrogen) atoms. The molecule has 1 unspecified atom stereocenters. The van der Waals surface area contributed by atoms with Crippen LogP contribution in [0, 0.1) is 3.57 Å². The number of sulfonamides is 1. The maximum absolute atomic E-state index is 13.8. The van der Waals surface area contributed by atoms with Crippen LogP contribution in [0.4, 0.5) is 5.69 Å². The van der Waals surface area contributed by atoms with Crippen LogP contribution < -0.4 is 9.62 Å². The zero-order valence-corrected chi connectivity index (χ0v) is 24.0. The van der Waals surface area contributed by atoms with E-state index in [1.807, 2.05) is 37.3 Å². The minimum absolute atomic E-state index is 0.0888. The second-order valence-corrected chi connectivity index (χ2v) is 11.7. The first-order chi connectivity index (χ1) is 17.7. The lowest BCUT2D eigenvalue weighted by Crippen LogP contribution is -2.52. The molecule has 196 valence electrons. The molecule has 1 N–H and O–H groups in total. The average Bonchev–Trinajstić information content (AvgIpc) is 2.92. The number of rotatable bonds is 12. The summed E-state index contributed by atoms with van der Waals surface area (Å²) >= 11 is 2.14. The van der Waals surface area contributed by atoms with Gasteiger partial charge in [0.15, 0.2) is 0 Å². The van der Waals surface area contributed by atoms with Gasteiger partial charge in [0.2, 0.25) is 11.8 Å². The third-order valence-corrected chi connectivity index (χ3v) is 8.43. The molecule has 0 bridgehead atoms. The Hall–Kier alpha value is -2.92. The van der Waals surface area contributed by atoms with Crippen molar-refractivity contribution in [2.24, 2.45) is 0 Å². The molecule has 0 aromatic heterocycles. The van der Waals surface area contributed by atoms with E-state index in [9.17, 15) is 18.0 Å². The minimum Gasteiger partial charge on any atom is -0.354 e. The number of nitrogens with zero attached hydrogens (tertiary/aromatic N) is 2. The van der Waals surface area contributed by atoms with Crippen LogP contribution in [0.3, 0.4) is 0 Å². The van der Waals surface area contributed by atoms with Crippen molar-refractivity contribution in [2.45, 2.75) is 37.6 Å². The van der Waals surface area contributed by atoms with Crippen LogP contribution >= 0.6 is 22.6 Å². The first kappa shape index (κ1) is 28.6. The Labute approximate surface area is 233 Å². The van der Waals surface area contributed by atoms with Gasteiger partial charge in [0.1, 0.15) is 12.6 Å². The first-order valence-electron chi connectivity index (χ1n) is 12.2. The van der Waals surface area contributed by atoms with Gasteiger partial charge in [-0.05, 0) is 84.3 Å². The van der Waals surface area contributed by atoms with Gasteiger partial charge in [-0.2, -0.15) is 0 Å². The summed E-state index contributed by atoms with van der Waals surface area (Å²) in [6.07, 6.45) is 1.30. The Bertz CT molecular complexity index is 1270. The van der Waals surface area contributed by atoms with Crippen molar-refractivity contribution in [1.82, 2.24) is 10.2 Å². The highest BCUT2D eigenvalue weighted by molar-refractivity contribution is 14.1. The fraction of sp³-hybridized carbons (Fsp3) is 0.286. The van der Waals surface area contributed by atoms with Crippen molar-refractivity contribution in [3.05, 3.63) is 94.1 Å². The Kier molecular flexibility index (Phi) is 10.5. The number of hydrogen-bond donors (Lipinski definition) is 1. The SMILES string of the molecule is CCCNC(=O)C(C)N(CCc1ccccc1)C(=O)CN(c1ccc(I)cc1)S(=O)(=O)c1ccccc1. The predicted octanol–water partition coefficient (Wildman–Crippen LogP) is 4.47. The van der Waals surface area contributed by atoms with Crippen molar-refractivity contribution >= 4 is 50.1 Å². The van der Waals surface area contributed by atoms with E-state index in [1.54, 1.807) is 49.4 Å². The molecule has 2 amide bonds. The Morgan fingerprint density at radius 3 is 2.11 bits per heavy atom. The summed E-state index contributed by atoms with van der Waals surface area (Å²) in [5.74, 6) is -0.719. The van der Waals surface area contributed by atoms with Gasteiger partial charge in [0, 0.05) is 16.7 Å². The van der Waals surface area contributed by atoms with Gasteiger partial charge in [-0.25, -0.2) is 8.42 Å². The van der Waals surface area contributed by atoms with Crippen molar-refractivity contribution in [3.8, 4) is 0 Å². The highest BCUT2D eigenvalue weighted by Crippen LogP contribution is 2.25. The van der Waals surface area contributed by atoms with E-state index >= 15 is 0 Å². The molecule has 0 saturated carbocycles. The van der Waals surface area contributed by atoms with Crippen molar-refractivity contribution in [2.75, 3.05) is 23.9 Å². The van der Waals surface area contributed by atoms with E-state index in [2.05, 4.69) is 27.9 Å². The summed E-state index contributed by atoms with van der Waals surface area (Å²) in [5.41, 5.74) is 1.40. The molecular formula is C28H32IN3O4S. The summed E-state index contributed by atoms with van der Waals surface area (Å²) in [4.78, 5) is 28.1. The first-order valence-corrected chi connectivity index (χ1v) is 14.7. The molecule has 1 atom stereocenters. The number of halogens is 1. The van der Waals surface area contributed by atoms with Gasteiger partial charge >= 0.3 is 0 Å². The second-order valence-electron chi connectivity index (χ2n) is 8.59. The highest BCUT2D eigenvalue weighted by Gasteiger charge is 2.32. The van der Waals surface area contributed by atoms with E-state index in [0.717, 1.165) is 19.9 Å². The molecule has 3 rings (SSSR count). The lowest BCUT2D eigenvalue weighted by Gasteiger charge is -2.32. The second kappa shape index (κ2) is 13.6. The summed E-state index contributed by atoms with van der Waals surface area (Å²) in [6.45, 7) is 3.97. The average molecular weight is 634 g/mol. The molecule has 0 saturated heterocycles. The van der Waals surface area contributed by atoms with Gasteiger partial charge in [-0.15, -0.1) is 0 Å². The van der Waals surface area contributed by atoms with Crippen LogP contribution in [-0.4, -0.2) is 50.8 Å². The van der Waals surface area contributed by atoms with Gasteiger partial charge in [-0.3, -0.25) is 13.9 Å². The van der Waals surface area contributed by atoms with E-state index in [0.29, 0.717) is 18.7 Å². The molecule has 0 radical (unpaired) electrons. The molecule has 0 aliphatic rings. The van der Waals surface area contributed by atoms with E-state index in [4.69, 9.17) is 0 Å². The van der Waals surface area contributed by atoms with Crippen molar-refractivity contribution in [1.29, 1.82) is 0 Å². The molecule has 0 fully saturated rings. The lowest BCUT2D eigenvalue weighted by atomic mass is 10.1. The van der Waals surface area contributed by atoms with Gasteiger partial charge in [0.25, 0.3) is 10.0 Å². The molecule has 9 heteroatoms. The fourth-order valence-corrected chi connectivity index (χ4v) is 5.62. The Morgan fingerprint density at radius 2 is 1.51 bits per heavy atom. The molecule has 0 aliphatic carbocycles. The number of carbonyl (C=O) groups is 2. The van der Waals surface area contributed by atoms with E-state index in [1.165, 1.54) is 17.0 Å².